The van der Waals surface area contributed by atoms with E-state index in [4.69, 9.17) is 14.6 Å². The number of methoxy groups -OCH3 is 1. The molecule has 4 rings (SSSR count). The summed E-state index contributed by atoms with van der Waals surface area (Å²) in [6.07, 6.45) is 2.00. The number of hydrogen-bond acceptors (Lipinski definition) is 5. The Morgan fingerprint density at radius 3 is 2.55 bits per heavy atom. The van der Waals surface area contributed by atoms with E-state index in [-0.39, 0.29) is 24.0 Å². The van der Waals surface area contributed by atoms with Crippen molar-refractivity contribution in [2.45, 2.75) is 38.8 Å². The summed E-state index contributed by atoms with van der Waals surface area (Å²) in [5.74, 6) is 1.84. The van der Waals surface area contributed by atoms with Gasteiger partial charge in [0.05, 0.1) is 18.9 Å². The van der Waals surface area contributed by atoms with Crippen molar-refractivity contribution < 1.29 is 14.3 Å². The molecule has 31 heavy (non-hydrogen) atoms. The molecule has 0 saturated carbocycles. The summed E-state index contributed by atoms with van der Waals surface area (Å²) in [5, 5.41) is 6.45. The van der Waals surface area contributed by atoms with Gasteiger partial charge in [-0.1, -0.05) is 12.1 Å². The minimum absolute atomic E-state index is 0.0399. The normalized spacial score (nSPS) is 20.7. The highest BCUT2D eigenvalue weighted by atomic mass is 16.5. The maximum Gasteiger partial charge on any atom is 0.240 e. The van der Waals surface area contributed by atoms with Crippen LogP contribution in [0.5, 0.6) is 11.5 Å². The monoisotopic (exact) mass is 421 g/mol. The highest BCUT2D eigenvalue weighted by Crippen LogP contribution is 2.44. The average Bonchev–Trinajstić information content (AvgIpc) is 3.13. The number of nitrogens with zero attached hydrogens (tertiary/aromatic N) is 3. The van der Waals surface area contributed by atoms with Crippen molar-refractivity contribution in [3.63, 3.8) is 0 Å². The van der Waals surface area contributed by atoms with Crippen molar-refractivity contribution in [3.05, 3.63) is 59.2 Å². The summed E-state index contributed by atoms with van der Waals surface area (Å²) in [5.41, 5.74) is 4.45. The van der Waals surface area contributed by atoms with Crippen LogP contribution in [0.25, 0.3) is 0 Å². The zero-order chi connectivity index (χ0) is 22.1. The molecular formula is C25H31N3O3. The van der Waals surface area contributed by atoms with Gasteiger partial charge in [0.2, 0.25) is 5.91 Å². The molecule has 3 atom stereocenters. The number of rotatable bonds is 6. The first-order valence-corrected chi connectivity index (χ1v) is 10.8. The Morgan fingerprint density at radius 2 is 1.90 bits per heavy atom. The van der Waals surface area contributed by atoms with Crippen LogP contribution in [0, 0.1) is 5.92 Å². The maximum atomic E-state index is 12.5. The van der Waals surface area contributed by atoms with Crippen LogP contribution in [0.4, 0.5) is 0 Å². The molecule has 6 heteroatoms. The van der Waals surface area contributed by atoms with Gasteiger partial charge in [-0.15, -0.1) is 0 Å². The van der Waals surface area contributed by atoms with Crippen molar-refractivity contribution in [1.29, 1.82) is 0 Å². The van der Waals surface area contributed by atoms with Crippen LogP contribution in [0.1, 0.15) is 43.0 Å². The number of fused-ring (bicyclic) bond motifs is 3. The largest absolute Gasteiger partial charge is 0.497 e. The Hall–Kier alpha value is -2.86. The lowest BCUT2D eigenvalue weighted by Gasteiger charge is -2.29. The van der Waals surface area contributed by atoms with Gasteiger partial charge < -0.3 is 14.4 Å². The van der Waals surface area contributed by atoms with E-state index in [1.54, 1.807) is 19.0 Å². The van der Waals surface area contributed by atoms with Crippen molar-refractivity contribution >= 4 is 11.6 Å². The third kappa shape index (κ3) is 4.30. The summed E-state index contributed by atoms with van der Waals surface area (Å²) in [7, 11) is 5.76. The number of hydrazone groups is 1. The maximum absolute atomic E-state index is 12.5. The first-order valence-electron chi connectivity index (χ1n) is 10.8. The van der Waals surface area contributed by atoms with Crippen LogP contribution >= 0.6 is 0 Å². The van der Waals surface area contributed by atoms with Gasteiger partial charge in [0.15, 0.2) is 0 Å². The molecule has 2 aromatic carbocycles. The van der Waals surface area contributed by atoms with Crippen LogP contribution in [0.2, 0.25) is 0 Å². The fraction of sp³-hybridized carbons (Fsp3) is 0.440. The van der Waals surface area contributed by atoms with E-state index >= 15 is 0 Å². The van der Waals surface area contributed by atoms with E-state index in [0.717, 1.165) is 47.7 Å². The van der Waals surface area contributed by atoms with E-state index in [1.165, 1.54) is 5.56 Å². The number of amides is 1. The molecule has 0 aromatic heterocycles. The Kier molecular flexibility index (Phi) is 6.01. The summed E-state index contributed by atoms with van der Waals surface area (Å²) < 4.78 is 11.4. The number of carbonyl (C=O) groups excluding carboxylic acids is 1. The first-order chi connectivity index (χ1) is 14.9. The molecule has 2 aromatic rings. The lowest BCUT2D eigenvalue weighted by atomic mass is 9.77. The van der Waals surface area contributed by atoms with E-state index in [9.17, 15) is 4.79 Å². The number of carbonyl (C=O) groups is 1. The number of hydrogen-bond donors (Lipinski definition) is 0. The zero-order valence-electron chi connectivity index (χ0n) is 19.0. The molecule has 0 N–H and O–H groups in total. The topological polar surface area (TPSA) is 54.4 Å². The van der Waals surface area contributed by atoms with Crippen LogP contribution in [-0.2, 0) is 11.2 Å². The summed E-state index contributed by atoms with van der Waals surface area (Å²) >= 11 is 0. The van der Waals surface area contributed by atoms with Crippen LogP contribution in [0.15, 0.2) is 47.6 Å². The minimum atomic E-state index is -0.0870. The third-order valence-corrected chi connectivity index (χ3v) is 6.03. The van der Waals surface area contributed by atoms with Crippen LogP contribution < -0.4 is 9.47 Å². The van der Waals surface area contributed by atoms with Gasteiger partial charge in [-0.25, -0.2) is 5.01 Å². The van der Waals surface area contributed by atoms with Gasteiger partial charge in [0, 0.05) is 24.9 Å². The van der Waals surface area contributed by atoms with E-state index in [2.05, 4.69) is 36.1 Å². The van der Waals surface area contributed by atoms with Gasteiger partial charge in [-0.3, -0.25) is 4.79 Å². The lowest BCUT2D eigenvalue weighted by Crippen LogP contribution is -2.31. The minimum Gasteiger partial charge on any atom is -0.497 e. The Bertz CT molecular complexity index is 984. The Balaban J connectivity index is 1.59. The molecule has 0 radical (unpaired) electrons. The second-order valence-electron chi connectivity index (χ2n) is 8.72. The van der Waals surface area contributed by atoms with Crippen molar-refractivity contribution in [1.82, 2.24) is 9.91 Å². The number of likely N-dealkylation sites (N-methyl/N-ethyl adjacent to an activating group) is 1. The lowest BCUT2D eigenvalue weighted by molar-refractivity contribution is -0.131. The highest BCUT2D eigenvalue weighted by Gasteiger charge is 2.43. The highest BCUT2D eigenvalue weighted by molar-refractivity contribution is 6.06. The van der Waals surface area contributed by atoms with Crippen molar-refractivity contribution in [2.75, 3.05) is 27.7 Å². The van der Waals surface area contributed by atoms with Gasteiger partial charge in [-0.05, 0) is 75.3 Å². The fourth-order valence-electron chi connectivity index (χ4n) is 4.75. The SMILES string of the molecule is COc1ccc2c(c1)CCC1C2=NN(C(C)=O)C1c1ccc(OC(C)CN(C)C)cc1. The number of benzene rings is 2. The smallest absolute Gasteiger partial charge is 0.240 e. The van der Waals surface area contributed by atoms with Gasteiger partial charge >= 0.3 is 0 Å². The summed E-state index contributed by atoms with van der Waals surface area (Å²) in [4.78, 5) is 14.6. The van der Waals surface area contributed by atoms with Crippen LogP contribution in [-0.4, -0.2) is 55.4 Å². The van der Waals surface area contributed by atoms with E-state index in [0.29, 0.717) is 0 Å². The van der Waals surface area contributed by atoms with Crippen molar-refractivity contribution in [2.24, 2.45) is 11.0 Å². The molecule has 0 fully saturated rings. The molecule has 1 aliphatic carbocycles. The van der Waals surface area contributed by atoms with Crippen LogP contribution in [0.3, 0.4) is 0 Å². The molecule has 0 saturated heterocycles. The molecule has 1 heterocycles. The molecule has 0 spiro atoms. The standard InChI is InChI=1S/C25H31N3O3/c1-16(15-27(3)4)31-20-9-6-18(7-10-20)25-23-12-8-19-14-21(30-5)11-13-22(19)24(23)26-28(25)17(2)29/h6-7,9-11,13-14,16,23,25H,8,12,15H2,1-5H3. The van der Waals surface area contributed by atoms with E-state index < -0.39 is 0 Å². The average molecular weight is 422 g/mol. The molecule has 6 nitrogen and oxygen atoms in total. The molecule has 0 bridgehead atoms. The third-order valence-electron chi connectivity index (χ3n) is 6.03. The molecule has 1 aliphatic heterocycles. The van der Waals surface area contributed by atoms with Gasteiger partial charge in [0.25, 0.3) is 0 Å². The molecule has 2 aliphatic rings. The first kappa shape index (κ1) is 21.4. The zero-order valence-corrected chi connectivity index (χ0v) is 19.0. The molecule has 3 unspecified atom stereocenters. The van der Waals surface area contributed by atoms with Gasteiger partial charge in [-0.2, -0.15) is 5.10 Å². The van der Waals surface area contributed by atoms with Crippen molar-refractivity contribution in [3.8, 4) is 11.5 Å². The van der Waals surface area contributed by atoms with E-state index in [1.807, 2.05) is 32.3 Å². The predicted octanol–water partition coefficient (Wildman–Crippen LogP) is 3.89. The number of ether oxygens (including phenoxy) is 2. The Labute approximate surface area is 184 Å². The fourth-order valence-corrected chi connectivity index (χ4v) is 4.75. The second kappa shape index (κ2) is 8.71. The molecular weight excluding hydrogens is 390 g/mol. The second-order valence-corrected chi connectivity index (χ2v) is 8.72. The molecule has 164 valence electrons. The predicted molar refractivity (Wildman–Crippen MR) is 122 cm³/mol. The summed E-state index contributed by atoms with van der Waals surface area (Å²) in [6, 6.07) is 14.2. The van der Waals surface area contributed by atoms with Gasteiger partial charge in [0.1, 0.15) is 17.6 Å². The Morgan fingerprint density at radius 1 is 1.19 bits per heavy atom. The summed E-state index contributed by atoms with van der Waals surface area (Å²) in [6.45, 7) is 4.51. The molecule has 1 amide bonds. The number of aryl methyl sites for hydroxylation is 1. The quantitative estimate of drug-likeness (QED) is 0.710.